The molecular formula is C16H26ClNS. The third-order valence-corrected chi connectivity index (χ3v) is 5.59. The van der Waals surface area contributed by atoms with Gasteiger partial charge in [-0.3, -0.25) is 0 Å². The van der Waals surface area contributed by atoms with E-state index in [0.29, 0.717) is 6.04 Å². The molecule has 108 valence electrons. The highest BCUT2D eigenvalue weighted by atomic mass is 35.5. The Labute approximate surface area is 126 Å². The number of hydrogen-bond acceptors (Lipinski definition) is 2. The molecule has 0 spiro atoms. The van der Waals surface area contributed by atoms with E-state index >= 15 is 0 Å². The van der Waals surface area contributed by atoms with Gasteiger partial charge < -0.3 is 5.32 Å². The van der Waals surface area contributed by atoms with Crippen molar-refractivity contribution in [3.05, 3.63) is 21.3 Å². The normalized spacial score (nSPS) is 25.4. The van der Waals surface area contributed by atoms with E-state index in [9.17, 15) is 0 Å². The third kappa shape index (κ3) is 4.77. The van der Waals surface area contributed by atoms with Crippen molar-refractivity contribution in [1.82, 2.24) is 5.32 Å². The highest BCUT2D eigenvalue weighted by Crippen LogP contribution is 2.32. The fourth-order valence-electron chi connectivity index (χ4n) is 3.10. The smallest absolute Gasteiger partial charge is 0.0931 e. The van der Waals surface area contributed by atoms with Crippen molar-refractivity contribution in [1.29, 1.82) is 0 Å². The zero-order valence-electron chi connectivity index (χ0n) is 12.1. The minimum absolute atomic E-state index is 0.641. The van der Waals surface area contributed by atoms with Gasteiger partial charge in [-0.25, -0.2) is 0 Å². The SMILES string of the molecule is CCCNC(Cc1ccc(Cl)s1)C1CCC(C)CC1. The molecule has 1 aliphatic carbocycles. The third-order valence-electron chi connectivity index (χ3n) is 4.34. The van der Waals surface area contributed by atoms with E-state index < -0.39 is 0 Å². The van der Waals surface area contributed by atoms with Gasteiger partial charge in [0.25, 0.3) is 0 Å². The summed E-state index contributed by atoms with van der Waals surface area (Å²) >= 11 is 7.79. The van der Waals surface area contributed by atoms with Crippen molar-refractivity contribution < 1.29 is 0 Å². The van der Waals surface area contributed by atoms with Crippen LogP contribution in [0.5, 0.6) is 0 Å². The molecule has 0 saturated heterocycles. The molecule has 0 radical (unpaired) electrons. The molecule has 0 amide bonds. The van der Waals surface area contributed by atoms with Crippen LogP contribution in [-0.4, -0.2) is 12.6 Å². The number of halogens is 1. The fourth-order valence-corrected chi connectivity index (χ4v) is 4.25. The molecule has 1 nitrogen and oxygen atoms in total. The molecule has 1 heterocycles. The molecule has 1 fully saturated rings. The van der Waals surface area contributed by atoms with E-state index in [2.05, 4.69) is 25.2 Å². The van der Waals surface area contributed by atoms with Crippen molar-refractivity contribution in [3.63, 3.8) is 0 Å². The summed E-state index contributed by atoms with van der Waals surface area (Å²) in [5.74, 6) is 1.78. The predicted octanol–water partition coefficient (Wildman–Crippen LogP) is 5.14. The highest BCUT2D eigenvalue weighted by molar-refractivity contribution is 7.16. The van der Waals surface area contributed by atoms with Gasteiger partial charge in [0.2, 0.25) is 0 Å². The van der Waals surface area contributed by atoms with Gasteiger partial charge in [0, 0.05) is 10.9 Å². The largest absolute Gasteiger partial charge is 0.313 e. The van der Waals surface area contributed by atoms with Crippen LogP contribution in [0.4, 0.5) is 0 Å². The first-order chi connectivity index (χ1) is 9.19. The second kappa shape index (κ2) is 7.66. The van der Waals surface area contributed by atoms with E-state index in [1.54, 1.807) is 11.3 Å². The number of hydrogen-bond donors (Lipinski definition) is 1. The van der Waals surface area contributed by atoms with Crippen LogP contribution in [0.15, 0.2) is 12.1 Å². The van der Waals surface area contributed by atoms with E-state index in [1.807, 2.05) is 6.07 Å². The number of thiophene rings is 1. The average Bonchev–Trinajstić information content (AvgIpc) is 2.81. The first-order valence-electron chi connectivity index (χ1n) is 7.66. The lowest BCUT2D eigenvalue weighted by atomic mass is 9.78. The maximum Gasteiger partial charge on any atom is 0.0931 e. The molecule has 0 bridgehead atoms. The van der Waals surface area contributed by atoms with Crippen LogP contribution in [0.3, 0.4) is 0 Å². The van der Waals surface area contributed by atoms with Gasteiger partial charge in [-0.2, -0.15) is 0 Å². The Kier molecular flexibility index (Phi) is 6.18. The molecule has 0 aromatic carbocycles. The monoisotopic (exact) mass is 299 g/mol. The Bertz CT molecular complexity index is 369. The van der Waals surface area contributed by atoms with Crippen LogP contribution in [0, 0.1) is 11.8 Å². The van der Waals surface area contributed by atoms with Crippen molar-refractivity contribution >= 4 is 22.9 Å². The Morgan fingerprint density at radius 3 is 2.63 bits per heavy atom. The summed E-state index contributed by atoms with van der Waals surface area (Å²) in [6.07, 6.45) is 7.95. The lowest BCUT2D eigenvalue weighted by Gasteiger charge is -2.33. The molecular weight excluding hydrogens is 274 g/mol. The lowest BCUT2D eigenvalue weighted by Crippen LogP contribution is -2.39. The maximum atomic E-state index is 6.05. The maximum absolute atomic E-state index is 6.05. The predicted molar refractivity (Wildman–Crippen MR) is 86.2 cm³/mol. The van der Waals surface area contributed by atoms with Crippen molar-refractivity contribution in [3.8, 4) is 0 Å². The molecule has 3 heteroatoms. The van der Waals surface area contributed by atoms with Gasteiger partial charge in [-0.15, -0.1) is 11.3 Å². The number of nitrogens with one attached hydrogen (secondary N) is 1. The van der Waals surface area contributed by atoms with Crippen LogP contribution in [-0.2, 0) is 6.42 Å². The van der Waals surface area contributed by atoms with Crippen LogP contribution in [0.1, 0.15) is 50.8 Å². The van der Waals surface area contributed by atoms with Crippen molar-refractivity contribution in [2.75, 3.05) is 6.54 Å². The van der Waals surface area contributed by atoms with Gasteiger partial charge >= 0.3 is 0 Å². The van der Waals surface area contributed by atoms with Crippen LogP contribution in [0.25, 0.3) is 0 Å². The minimum atomic E-state index is 0.641. The van der Waals surface area contributed by atoms with Gasteiger partial charge in [-0.05, 0) is 56.2 Å². The summed E-state index contributed by atoms with van der Waals surface area (Å²) in [5.41, 5.74) is 0. The minimum Gasteiger partial charge on any atom is -0.313 e. The first-order valence-corrected chi connectivity index (χ1v) is 8.86. The molecule has 1 unspecified atom stereocenters. The second-order valence-corrected chi connectivity index (χ2v) is 7.79. The highest BCUT2D eigenvalue weighted by Gasteiger charge is 2.26. The summed E-state index contributed by atoms with van der Waals surface area (Å²) in [4.78, 5) is 1.43. The van der Waals surface area contributed by atoms with Crippen LogP contribution in [0.2, 0.25) is 4.34 Å². The van der Waals surface area contributed by atoms with Crippen LogP contribution >= 0.6 is 22.9 Å². The molecule has 0 aliphatic heterocycles. The van der Waals surface area contributed by atoms with Gasteiger partial charge in [0.1, 0.15) is 0 Å². The van der Waals surface area contributed by atoms with Crippen LogP contribution < -0.4 is 5.32 Å². The average molecular weight is 300 g/mol. The number of rotatable bonds is 6. The molecule has 1 atom stereocenters. The zero-order chi connectivity index (χ0) is 13.7. The summed E-state index contributed by atoms with van der Waals surface area (Å²) in [6.45, 7) is 5.77. The Balaban J connectivity index is 1.94. The van der Waals surface area contributed by atoms with Crippen molar-refractivity contribution in [2.45, 2.75) is 58.4 Å². The van der Waals surface area contributed by atoms with E-state index in [0.717, 1.165) is 29.1 Å². The molecule has 1 aliphatic rings. The van der Waals surface area contributed by atoms with Crippen molar-refractivity contribution in [2.24, 2.45) is 11.8 Å². The van der Waals surface area contributed by atoms with E-state index in [1.165, 1.54) is 37.0 Å². The zero-order valence-corrected chi connectivity index (χ0v) is 13.7. The lowest BCUT2D eigenvalue weighted by molar-refractivity contribution is 0.229. The van der Waals surface area contributed by atoms with Gasteiger partial charge in [0.15, 0.2) is 0 Å². The molecule has 1 aromatic heterocycles. The standard InChI is InChI=1S/C16H26ClNS/c1-3-10-18-15(11-14-8-9-16(17)19-14)13-6-4-12(2)5-7-13/h8-9,12-13,15,18H,3-7,10-11H2,1-2H3. The summed E-state index contributed by atoms with van der Waals surface area (Å²) < 4.78 is 0.918. The Morgan fingerprint density at radius 2 is 2.05 bits per heavy atom. The quantitative estimate of drug-likeness (QED) is 0.767. The molecule has 2 rings (SSSR count). The van der Waals surface area contributed by atoms with Gasteiger partial charge in [0.05, 0.1) is 4.34 Å². The Morgan fingerprint density at radius 1 is 1.32 bits per heavy atom. The topological polar surface area (TPSA) is 12.0 Å². The summed E-state index contributed by atoms with van der Waals surface area (Å²) in [5, 5.41) is 3.78. The molecule has 1 aromatic rings. The molecule has 19 heavy (non-hydrogen) atoms. The fraction of sp³-hybridized carbons (Fsp3) is 0.750. The molecule has 1 saturated carbocycles. The Hall–Kier alpha value is -0.0500. The second-order valence-electron chi connectivity index (χ2n) is 5.99. The summed E-state index contributed by atoms with van der Waals surface area (Å²) in [6, 6.07) is 4.86. The van der Waals surface area contributed by atoms with E-state index in [4.69, 9.17) is 11.6 Å². The van der Waals surface area contributed by atoms with Gasteiger partial charge in [-0.1, -0.05) is 38.3 Å². The van der Waals surface area contributed by atoms with E-state index in [-0.39, 0.29) is 0 Å². The summed E-state index contributed by atoms with van der Waals surface area (Å²) in [7, 11) is 0. The first kappa shape index (κ1) is 15.3. The molecule has 1 N–H and O–H groups in total.